The minimum Gasteiger partial charge on any atom is -0.480 e. The van der Waals surface area contributed by atoms with Crippen LogP contribution in [0.5, 0.6) is 0 Å². The zero-order valence-corrected chi connectivity index (χ0v) is 19.3. The van der Waals surface area contributed by atoms with Gasteiger partial charge in [-0.2, -0.15) is 5.10 Å². The highest BCUT2D eigenvalue weighted by molar-refractivity contribution is 6.32. The summed E-state index contributed by atoms with van der Waals surface area (Å²) in [7, 11) is 0. The Labute approximate surface area is 197 Å². The molecule has 7 nitrogen and oxygen atoms in total. The number of rotatable bonds is 8. The van der Waals surface area contributed by atoms with Gasteiger partial charge in [-0.05, 0) is 35.6 Å². The molecule has 0 fully saturated rings. The molecule has 2 aromatic carbocycles. The van der Waals surface area contributed by atoms with Crippen LogP contribution in [0, 0.1) is 0 Å². The zero-order chi connectivity index (χ0) is 23.5. The third kappa shape index (κ3) is 4.46. The Morgan fingerprint density at radius 3 is 2.27 bits per heavy atom. The largest absolute Gasteiger partial charge is 0.480 e. The first-order chi connectivity index (χ1) is 15.9. The molecule has 1 aliphatic carbocycles. The van der Waals surface area contributed by atoms with Crippen LogP contribution in [0.1, 0.15) is 42.3 Å². The molecule has 33 heavy (non-hydrogen) atoms. The number of carbonyl (C=O) groups excluding carboxylic acids is 1. The number of fused-ring (bicyclic) bond motifs is 3. The summed E-state index contributed by atoms with van der Waals surface area (Å²) < 4.78 is 7.18. The average Bonchev–Trinajstić information content (AvgIpc) is 3.31. The van der Waals surface area contributed by atoms with Crippen molar-refractivity contribution in [3.8, 4) is 11.1 Å². The molecule has 1 amide bonds. The van der Waals surface area contributed by atoms with Gasteiger partial charge in [0.2, 0.25) is 0 Å². The second-order valence-corrected chi connectivity index (χ2v) is 8.32. The number of aryl methyl sites for hydroxylation is 2. The molecule has 0 spiro atoms. The zero-order valence-electron chi connectivity index (χ0n) is 18.5. The van der Waals surface area contributed by atoms with Gasteiger partial charge >= 0.3 is 12.1 Å². The minimum absolute atomic E-state index is 0.0131. The van der Waals surface area contributed by atoms with Gasteiger partial charge in [-0.1, -0.05) is 67.1 Å². The fourth-order valence-corrected chi connectivity index (χ4v) is 4.73. The van der Waals surface area contributed by atoms with Gasteiger partial charge in [-0.25, -0.2) is 9.59 Å². The molecule has 4 rings (SSSR count). The van der Waals surface area contributed by atoms with Gasteiger partial charge in [-0.3, -0.25) is 4.68 Å². The van der Waals surface area contributed by atoms with Gasteiger partial charge in [0.25, 0.3) is 0 Å². The van der Waals surface area contributed by atoms with E-state index in [0.29, 0.717) is 29.4 Å². The summed E-state index contributed by atoms with van der Waals surface area (Å²) >= 11 is 6.42. The van der Waals surface area contributed by atoms with Crippen LogP contribution in [0.15, 0.2) is 48.5 Å². The number of carbonyl (C=O) groups is 2. The molecule has 172 valence electrons. The third-order valence-electron chi connectivity index (χ3n) is 6.03. The van der Waals surface area contributed by atoms with Crippen LogP contribution in [-0.4, -0.2) is 39.6 Å². The molecule has 0 saturated carbocycles. The second-order valence-electron chi connectivity index (χ2n) is 7.94. The van der Waals surface area contributed by atoms with Gasteiger partial charge in [0.05, 0.1) is 16.4 Å². The van der Waals surface area contributed by atoms with E-state index < -0.39 is 18.1 Å². The lowest BCUT2D eigenvalue weighted by Gasteiger charge is -2.18. The average molecular weight is 468 g/mol. The van der Waals surface area contributed by atoms with Crippen molar-refractivity contribution in [1.82, 2.24) is 15.1 Å². The minimum atomic E-state index is -1.19. The standard InChI is InChI=1S/C25H26ClN3O4/c1-3-20-23(26)22(29(4-2)28-20)13-21(24(30)31)27-25(32)33-14-19-17-11-7-5-9-15(17)16-10-6-8-12-18(16)19/h5-12,19,21H,3-4,13-14H2,1-2H3,(H,27,32)(H,30,31). The molecular weight excluding hydrogens is 442 g/mol. The summed E-state index contributed by atoms with van der Waals surface area (Å²) in [6.07, 6.45) is -0.131. The number of hydrogen-bond donors (Lipinski definition) is 2. The van der Waals surface area contributed by atoms with Crippen molar-refractivity contribution >= 4 is 23.7 Å². The molecule has 0 aliphatic heterocycles. The molecule has 8 heteroatoms. The van der Waals surface area contributed by atoms with Crippen molar-refractivity contribution < 1.29 is 19.4 Å². The number of aliphatic carboxylic acids is 1. The van der Waals surface area contributed by atoms with Crippen LogP contribution >= 0.6 is 11.6 Å². The Balaban J connectivity index is 1.46. The number of ether oxygens (including phenoxy) is 1. The summed E-state index contributed by atoms with van der Waals surface area (Å²) in [6, 6.07) is 14.9. The second kappa shape index (κ2) is 9.67. The Hall–Kier alpha value is -3.32. The number of nitrogens with zero attached hydrogens (tertiary/aromatic N) is 2. The first-order valence-electron chi connectivity index (χ1n) is 11.0. The fraction of sp³-hybridized carbons (Fsp3) is 0.320. The maximum Gasteiger partial charge on any atom is 0.407 e. The number of alkyl carbamates (subject to hydrolysis) is 1. The van der Waals surface area contributed by atoms with E-state index in [4.69, 9.17) is 16.3 Å². The van der Waals surface area contributed by atoms with E-state index in [1.807, 2.05) is 50.2 Å². The molecule has 1 unspecified atom stereocenters. The quantitative estimate of drug-likeness (QED) is 0.502. The number of halogens is 1. The normalized spacial score (nSPS) is 13.3. The molecule has 1 heterocycles. The SMILES string of the molecule is CCc1nn(CC)c(CC(NC(=O)OCC2c3ccccc3-c3ccccc32)C(=O)O)c1Cl. The van der Waals surface area contributed by atoms with Crippen LogP contribution in [0.3, 0.4) is 0 Å². The summed E-state index contributed by atoms with van der Waals surface area (Å²) in [5.41, 5.74) is 5.72. The van der Waals surface area contributed by atoms with Crippen LogP contribution in [0.25, 0.3) is 11.1 Å². The van der Waals surface area contributed by atoms with Gasteiger partial charge in [0.15, 0.2) is 0 Å². The first kappa shape index (κ1) is 22.9. The maximum absolute atomic E-state index is 12.6. The maximum atomic E-state index is 12.6. The lowest BCUT2D eigenvalue weighted by Crippen LogP contribution is -2.43. The number of aromatic nitrogens is 2. The summed E-state index contributed by atoms with van der Waals surface area (Å²) in [5, 5.41) is 17.0. The van der Waals surface area contributed by atoms with Crippen molar-refractivity contribution in [3.63, 3.8) is 0 Å². The van der Waals surface area contributed by atoms with Crippen LogP contribution in [0.2, 0.25) is 5.02 Å². The Morgan fingerprint density at radius 1 is 1.12 bits per heavy atom. The van der Waals surface area contributed by atoms with Crippen molar-refractivity contribution in [3.05, 3.63) is 76.1 Å². The summed E-state index contributed by atoms with van der Waals surface area (Å²) in [4.78, 5) is 24.4. The van der Waals surface area contributed by atoms with Crippen LogP contribution in [-0.2, 0) is 28.9 Å². The summed E-state index contributed by atoms with van der Waals surface area (Å²) in [5.74, 6) is -1.27. The number of carboxylic acid groups (broad SMARTS) is 1. The fourth-order valence-electron chi connectivity index (χ4n) is 4.39. The molecule has 2 N–H and O–H groups in total. The van der Waals surface area contributed by atoms with Crippen LogP contribution < -0.4 is 5.32 Å². The van der Waals surface area contributed by atoms with E-state index in [-0.39, 0.29) is 18.9 Å². The predicted octanol–water partition coefficient (Wildman–Crippen LogP) is 4.65. The van der Waals surface area contributed by atoms with E-state index >= 15 is 0 Å². The molecule has 0 radical (unpaired) electrons. The molecule has 1 atom stereocenters. The number of hydrogen-bond acceptors (Lipinski definition) is 4. The lowest BCUT2D eigenvalue weighted by molar-refractivity contribution is -0.139. The monoisotopic (exact) mass is 467 g/mol. The van der Waals surface area contributed by atoms with E-state index in [0.717, 1.165) is 22.3 Å². The molecule has 0 saturated heterocycles. The van der Waals surface area contributed by atoms with Crippen molar-refractivity contribution in [2.45, 2.75) is 45.2 Å². The molecule has 1 aromatic heterocycles. The van der Waals surface area contributed by atoms with Crippen molar-refractivity contribution in [2.75, 3.05) is 6.61 Å². The van der Waals surface area contributed by atoms with E-state index in [9.17, 15) is 14.7 Å². The molecule has 0 bridgehead atoms. The van der Waals surface area contributed by atoms with Crippen LogP contribution in [0.4, 0.5) is 4.79 Å². The lowest BCUT2D eigenvalue weighted by atomic mass is 9.98. The van der Waals surface area contributed by atoms with Crippen molar-refractivity contribution in [2.24, 2.45) is 0 Å². The highest BCUT2D eigenvalue weighted by atomic mass is 35.5. The molecular formula is C25H26ClN3O4. The number of carboxylic acids is 1. The van der Waals surface area contributed by atoms with E-state index in [1.54, 1.807) is 4.68 Å². The molecule has 3 aromatic rings. The molecule has 1 aliphatic rings. The first-order valence-corrected chi connectivity index (χ1v) is 11.4. The van der Waals surface area contributed by atoms with Gasteiger partial charge < -0.3 is 15.2 Å². The van der Waals surface area contributed by atoms with E-state index in [1.165, 1.54) is 0 Å². The van der Waals surface area contributed by atoms with Gasteiger partial charge in [0, 0.05) is 18.9 Å². The smallest absolute Gasteiger partial charge is 0.407 e. The Bertz CT molecular complexity index is 1140. The highest BCUT2D eigenvalue weighted by Crippen LogP contribution is 2.44. The van der Waals surface area contributed by atoms with Gasteiger partial charge in [-0.15, -0.1) is 0 Å². The third-order valence-corrected chi connectivity index (χ3v) is 6.46. The predicted molar refractivity (Wildman–Crippen MR) is 126 cm³/mol. The van der Waals surface area contributed by atoms with E-state index in [2.05, 4.69) is 22.5 Å². The topological polar surface area (TPSA) is 93.5 Å². The number of nitrogens with one attached hydrogen (secondary N) is 1. The van der Waals surface area contributed by atoms with Gasteiger partial charge in [0.1, 0.15) is 12.6 Å². The summed E-state index contributed by atoms with van der Waals surface area (Å²) in [6.45, 7) is 4.49. The number of amides is 1. The van der Waals surface area contributed by atoms with Crippen molar-refractivity contribution in [1.29, 1.82) is 0 Å². The highest BCUT2D eigenvalue weighted by Gasteiger charge is 2.30. The Morgan fingerprint density at radius 2 is 1.73 bits per heavy atom. The number of benzene rings is 2. The Kier molecular flexibility index (Phi) is 6.70.